The lowest BCUT2D eigenvalue weighted by atomic mass is 10.1. The zero-order chi connectivity index (χ0) is 17.8. The molecule has 0 radical (unpaired) electrons. The van der Waals surface area contributed by atoms with Gasteiger partial charge in [0.25, 0.3) is 5.91 Å². The van der Waals surface area contributed by atoms with Crippen LogP contribution in [0, 0.1) is 0 Å². The Hall–Kier alpha value is -2.01. The van der Waals surface area contributed by atoms with Crippen LogP contribution in [-0.4, -0.2) is 39.8 Å². The van der Waals surface area contributed by atoms with Crippen LogP contribution < -0.4 is 4.74 Å². The van der Waals surface area contributed by atoms with Gasteiger partial charge in [-0.25, -0.2) is 0 Å². The van der Waals surface area contributed by atoms with E-state index in [1.807, 2.05) is 42.3 Å². The van der Waals surface area contributed by atoms with Gasteiger partial charge >= 0.3 is 0 Å². The van der Waals surface area contributed by atoms with Gasteiger partial charge in [-0.2, -0.15) is 5.10 Å². The van der Waals surface area contributed by atoms with Crippen molar-refractivity contribution < 1.29 is 9.53 Å². The lowest BCUT2D eigenvalue weighted by Crippen LogP contribution is -2.42. The van der Waals surface area contributed by atoms with E-state index in [-0.39, 0.29) is 12.0 Å². The molecule has 0 N–H and O–H groups in total. The fourth-order valence-corrected chi connectivity index (χ4v) is 3.28. The number of halogens is 1. The van der Waals surface area contributed by atoms with E-state index in [1.54, 1.807) is 4.68 Å². The monoisotopic (exact) mass is 361 g/mol. The van der Waals surface area contributed by atoms with Crippen LogP contribution in [0.25, 0.3) is 0 Å². The summed E-state index contributed by atoms with van der Waals surface area (Å²) in [5, 5.41) is 5.13. The smallest absolute Gasteiger partial charge is 0.272 e. The minimum absolute atomic E-state index is 0.0577. The maximum atomic E-state index is 12.8. The Morgan fingerprint density at radius 2 is 1.96 bits per heavy atom. The van der Waals surface area contributed by atoms with E-state index in [0.717, 1.165) is 37.1 Å². The van der Waals surface area contributed by atoms with Crippen LogP contribution in [0.5, 0.6) is 5.75 Å². The van der Waals surface area contributed by atoms with Gasteiger partial charge in [-0.3, -0.25) is 9.48 Å². The molecule has 1 amide bonds. The molecule has 3 rings (SSSR count). The van der Waals surface area contributed by atoms with Crippen molar-refractivity contribution in [2.24, 2.45) is 7.05 Å². The molecule has 1 fully saturated rings. The van der Waals surface area contributed by atoms with Gasteiger partial charge in [0.1, 0.15) is 17.5 Å². The molecule has 1 aromatic heterocycles. The number of amides is 1. The predicted molar refractivity (Wildman–Crippen MR) is 98.2 cm³/mol. The number of hydrogen-bond donors (Lipinski definition) is 0. The van der Waals surface area contributed by atoms with Crippen molar-refractivity contribution in [1.82, 2.24) is 14.7 Å². The summed E-state index contributed by atoms with van der Waals surface area (Å²) in [6.07, 6.45) is 3.71. The van der Waals surface area contributed by atoms with Crippen molar-refractivity contribution >= 4 is 17.5 Å². The summed E-state index contributed by atoms with van der Waals surface area (Å²) >= 11 is 5.89. The second-order valence-corrected chi connectivity index (χ2v) is 6.89. The molecule has 25 heavy (non-hydrogen) atoms. The van der Waals surface area contributed by atoms with Gasteiger partial charge in [0.05, 0.1) is 5.69 Å². The number of nitrogens with zero attached hydrogens (tertiary/aromatic N) is 3. The van der Waals surface area contributed by atoms with E-state index in [2.05, 4.69) is 12.0 Å². The van der Waals surface area contributed by atoms with Gasteiger partial charge in [0, 0.05) is 38.0 Å². The van der Waals surface area contributed by atoms with E-state index in [0.29, 0.717) is 23.8 Å². The van der Waals surface area contributed by atoms with Crippen LogP contribution in [0.3, 0.4) is 0 Å². The molecular weight excluding hydrogens is 338 g/mol. The minimum atomic E-state index is 0.0577. The van der Waals surface area contributed by atoms with Crippen LogP contribution in [0.1, 0.15) is 42.4 Å². The first-order valence-corrected chi connectivity index (χ1v) is 9.19. The Bertz CT molecular complexity index is 719. The van der Waals surface area contributed by atoms with E-state index < -0.39 is 0 Å². The third kappa shape index (κ3) is 4.34. The summed E-state index contributed by atoms with van der Waals surface area (Å²) in [6.45, 7) is 3.51. The molecule has 1 aliphatic rings. The molecule has 0 bridgehead atoms. The third-order valence-corrected chi connectivity index (χ3v) is 4.75. The van der Waals surface area contributed by atoms with Crippen molar-refractivity contribution in [3.05, 3.63) is 46.7 Å². The maximum Gasteiger partial charge on any atom is 0.272 e. The number of aromatic nitrogens is 2. The molecule has 1 saturated heterocycles. The van der Waals surface area contributed by atoms with Gasteiger partial charge in [-0.15, -0.1) is 0 Å². The molecule has 0 unspecified atom stereocenters. The molecule has 2 heterocycles. The number of piperidine rings is 1. The first-order chi connectivity index (χ1) is 12.1. The molecule has 1 aromatic carbocycles. The van der Waals surface area contributed by atoms with E-state index in [9.17, 15) is 4.79 Å². The zero-order valence-corrected chi connectivity index (χ0v) is 15.5. The molecule has 0 spiro atoms. The van der Waals surface area contributed by atoms with Crippen LogP contribution in [0.15, 0.2) is 30.3 Å². The number of carbonyl (C=O) groups is 1. The van der Waals surface area contributed by atoms with Crippen molar-refractivity contribution in [3.63, 3.8) is 0 Å². The summed E-state index contributed by atoms with van der Waals surface area (Å²) in [7, 11) is 1.84. The van der Waals surface area contributed by atoms with Crippen molar-refractivity contribution in [1.29, 1.82) is 0 Å². The maximum absolute atomic E-state index is 12.8. The number of likely N-dealkylation sites (tertiary alicyclic amines) is 1. The van der Waals surface area contributed by atoms with Gasteiger partial charge in [-0.05, 0) is 36.8 Å². The van der Waals surface area contributed by atoms with Crippen LogP contribution >= 0.6 is 11.6 Å². The average Bonchev–Trinajstić information content (AvgIpc) is 2.98. The Labute approximate surface area is 153 Å². The summed E-state index contributed by atoms with van der Waals surface area (Å²) in [5.74, 6) is 0.882. The molecule has 0 saturated carbocycles. The normalized spacial score (nSPS) is 15.4. The number of rotatable bonds is 5. The van der Waals surface area contributed by atoms with Gasteiger partial charge in [-0.1, -0.05) is 24.9 Å². The van der Waals surface area contributed by atoms with Crippen LogP contribution in [0.4, 0.5) is 0 Å². The standard InChI is InChI=1S/C19H24ClN3O2/c1-3-4-15-13-18(22(2)21-15)19(24)23-11-9-17(10-12-23)25-16-7-5-14(20)6-8-16/h5-8,13,17H,3-4,9-12H2,1-2H3. The van der Waals surface area contributed by atoms with E-state index in [1.165, 1.54) is 0 Å². The number of ether oxygens (including phenoxy) is 1. The average molecular weight is 362 g/mol. The number of carbonyl (C=O) groups excluding carboxylic acids is 1. The summed E-state index contributed by atoms with van der Waals surface area (Å²) in [5.41, 5.74) is 1.65. The van der Waals surface area contributed by atoms with Gasteiger partial charge in [0.2, 0.25) is 0 Å². The van der Waals surface area contributed by atoms with E-state index >= 15 is 0 Å². The molecule has 0 atom stereocenters. The fourth-order valence-electron chi connectivity index (χ4n) is 3.15. The molecule has 2 aromatic rings. The Morgan fingerprint density at radius 3 is 2.60 bits per heavy atom. The summed E-state index contributed by atoms with van der Waals surface area (Å²) in [6, 6.07) is 9.33. The Kier molecular flexibility index (Phi) is 5.63. The van der Waals surface area contributed by atoms with E-state index in [4.69, 9.17) is 16.3 Å². The predicted octanol–water partition coefficient (Wildman–Crippen LogP) is 3.71. The second-order valence-electron chi connectivity index (χ2n) is 6.46. The largest absolute Gasteiger partial charge is 0.490 e. The number of benzene rings is 1. The molecule has 1 aliphatic heterocycles. The van der Waals surface area contributed by atoms with Crippen molar-refractivity contribution in [2.75, 3.05) is 13.1 Å². The van der Waals surface area contributed by atoms with Gasteiger partial charge in [0.15, 0.2) is 0 Å². The topological polar surface area (TPSA) is 47.4 Å². The quantitative estimate of drug-likeness (QED) is 0.815. The zero-order valence-electron chi connectivity index (χ0n) is 14.7. The van der Waals surface area contributed by atoms with Crippen LogP contribution in [0.2, 0.25) is 5.02 Å². The Morgan fingerprint density at radius 1 is 1.28 bits per heavy atom. The second kappa shape index (κ2) is 7.91. The first kappa shape index (κ1) is 17.8. The first-order valence-electron chi connectivity index (χ1n) is 8.81. The molecule has 6 heteroatoms. The highest BCUT2D eigenvalue weighted by Crippen LogP contribution is 2.22. The fraction of sp³-hybridized carbons (Fsp3) is 0.474. The highest BCUT2D eigenvalue weighted by atomic mass is 35.5. The summed E-state index contributed by atoms with van der Waals surface area (Å²) < 4.78 is 7.69. The van der Waals surface area contributed by atoms with Crippen molar-refractivity contribution in [2.45, 2.75) is 38.7 Å². The van der Waals surface area contributed by atoms with Crippen molar-refractivity contribution in [3.8, 4) is 5.75 Å². The SMILES string of the molecule is CCCc1cc(C(=O)N2CCC(Oc3ccc(Cl)cc3)CC2)n(C)n1. The third-order valence-electron chi connectivity index (χ3n) is 4.50. The van der Waals surface area contributed by atoms with Crippen LogP contribution in [-0.2, 0) is 13.5 Å². The minimum Gasteiger partial charge on any atom is -0.490 e. The van der Waals surface area contributed by atoms with Gasteiger partial charge < -0.3 is 9.64 Å². The molecule has 0 aliphatic carbocycles. The highest BCUT2D eigenvalue weighted by molar-refractivity contribution is 6.30. The highest BCUT2D eigenvalue weighted by Gasteiger charge is 2.26. The number of hydrogen-bond acceptors (Lipinski definition) is 3. The molecule has 5 nitrogen and oxygen atoms in total. The summed E-state index contributed by atoms with van der Waals surface area (Å²) in [4.78, 5) is 14.6. The lowest BCUT2D eigenvalue weighted by Gasteiger charge is -2.32. The molecule has 134 valence electrons. The molecular formula is C19H24ClN3O2. The number of aryl methyl sites for hydroxylation is 2. The Balaban J connectivity index is 1.56. The lowest BCUT2D eigenvalue weighted by molar-refractivity contribution is 0.0585.